The molecule has 2 fully saturated rings. The van der Waals surface area contributed by atoms with Crippen molar-refractivity contribution in [3.05, 3.63) is 18.5 Å². The van der Waals surface area contributed by atoms with Crippen molar-refractivity contribution in [2.24, 2.45) is 11.3 Å². The second kappa shape index (κ2) is 6.93. The molecule has 1 saturated carbocycles. The van der Waals surface area contributed by atoms with Crippen molar-refractivity contribution < 1.29 is 9.59 Å². The van der Waals surface area contributed by atoms with Crippen molar-refractivity contribution in [2.45, 2.75) is 25.8 Å². The van der Waals surface area contributed by atoms with E-state index in [1.807, 2.05) is 35.9 Å². The maximum absolute atomic E-state index is 12.4. The second-order valence-corrected chi connectivity index (χ2v) is 7.47. The van der Waals surface area contributed by atoms with Gasteiger partial charge < -0.3 is 15.1 Å². The molecule has 1 aliphatic carbocycles. The lowest BCUT2D eigenvalue weighted by molar-refractivity contribution is -0.129. The summed E-state index contributed by atoms with van der Waals surface area (Å²) >= 11 is 0. The zero-order chi connectivity index (χ0) is 17.2. The topological polar surface area (TPSA) is 70.5 Å². The predicted octanol–water partition coefficient (Wildman–Crippen LogP) is 0.190. The van der Waals surface area contributed by atoms with Crippen molar-refractivity contribution >= 4 is 11.8 Å². The van der Waals surface area contributed by atoms with Gasteiger partial charge in [0.15, 0.2) is 0 Å². The number of likely N-dealkylation sites (tertiary alicyclic amines) is 1. The van der Waals surface area contributed by atoms with Gasteiger partial charge >= 0.3 is 0 Å². The molecule has 0 radical (unpaired) electrons. The van der Waals surface area contributed by atoms with E-state index in [0.29, 0.717) is 26.1 Å². The van der Waals surface area contributed by atoms with Crippen molar-refractivity contribution in [3.63, 3.8) is 0 Å². The van der Waals surface area contributed by atoms with Gasteiger partial charge in [-0.1, -0.05) is 0 Å². The molecule has 132 valence electrons. The maximum atomic E-state index is 12.4. The number of rotatable bonds is 8. The highest BCUT2D eigenvalue weighted by Gasteiger charge is 2.44. The fraction of sp³-hybridized carbons (Fsp3) is 0.706. The third-order valence-corrected chi connectivity index (χ3v) is 5.05. The highest BCUT2D eigenvalue weighted by molar-refractivity contribution is 5.89. The van der Waals surface area contributed by atoms with E-state index in [1.165, 1.54) is 0 Å². The summed E-state index contributed by atoms with van der Waals surface area (Å²) in [6, 6.07) is 1.92. The van der Waals surface area contributed by atoms with E-state index in [0.717, 1.165) is 25.9 Å². The number of likely N-dealkylation sites (N-methyl/N-ethyl adjacent to an activating group) is 1. The Hall–Kier alpha value is -1.89. The van der Waals surface area contributed by atoms with Gasteiger partial charge in [-0.25, -0.2) is 0 Å². The number of nitrogens with one attached hydrogen (secondary N) is 1. The smallest absolute Gasteiger partial charge is 0.225 e. The molecule has 3 rings (SSSR count). The lowest BCUT2D eigenvalue weighted by atomic mass is 10.1. The molecule has 1 atom stereocenters. The molecule has 7 heteroatoms. The molecule has 2 amide bonds. The number of aromatic nitrogens is 2. The van der Waals surface area contributed by atoms with Crippen molar-refractivity contribution in [1.82, 2.24) is 24.9 Å². The molecule has 24 heavy (non-hydrogen) atoms. The average molecular weight is 333 g/mol. The summed E-state index contributed by atoms with van der Waals surface area (Å²) in [5.74, 6) is -0.0997. The Balaban J connectivity index is 1.45. The van der Waals surface area contributed by atoms with Crippen molar-refractivity contribution in [3.8, 4) is 0 Å². The molecule has 0 spiro atoms. The first-order valence-corrected chi connectivity index (χ1v) is 8.65. The third kappa shape index (κ3) is 4.14. The summed E-state index contributed by atoms with van der Waals surface area (Å²) in [7, 11) is 3.97. The van der Waals surface area contributed by atoms with E-state index in [9.17, 15) is 9.59 Å². The maximum Gasteiger partial charge on any atom is 0.225 e. The summed E-state index contributed by atoms with van der Waals surface area (Å²) in [4.78, 5) is 28.3. The summed E-state index contributed by atoms with van der Waals surface area (Å²) in [5, 5.41) is 7.33. The molecule has 0 unspecified atom stereocenters. The average Bonchev–Trinajstić information content (AvgIpc) is 2.93. The van der Waals surface area contributed by atoms with Gasteiger partial charge in [-0.3, -0.25) is 14.3 Å². The zero-order valence-electron chi connectivity index (χ0n) is 14.6. The molecule has 1 aromatic rings. The van der Waals surface area contributed by atoms with Crippen LogP contribution in [0.3, 0.4) is 0 Å². The monoisotopic (exact) mass is 333 g/mol. The van der Waals surface area contributed by atoms with Crippen LogP contribution < -0.4 is 5.32 Å². The minimum absolute atomic E-state index is 0.0162. The first kappa shape index (κ1) is 17.0. The molecule has 2 aliphatic rings. The minimum atomic E-state index is -0.208. The highest BCUT2D eigenvalue weighted by atomic mass is 16.2. The Labute approximate surface area is 143 Å². The number of hydrogen-bond donors (Lipinski definition) is 1. The SMILES string of the molecule is CN(C)CCN1C[C@H](C(=O)NCC2(Cn3cccn3)CC2)CC1=O. The minimum Gasteiger partial charge on any atom is -0.355 e. The zero-order valence-corrected chi connectivity index (χ0v) is 14.6. The van der Waals surface area contributed by atoms with Crippen molar-refractivity contribution in [1.29, 1.82) is 0 Å². The van der Waals surface area contributed by atoms with E-state index in [2.05, 4.69) is 10.4 Å². The van der Waals surface area contributed by atoms with Crippen LogP contribution in [0.2, 0.25) is 0 Å². The van der Waals surface area contributed by atoms with Gasteiger partial charge in [0.25, 0.3) is 0 Å². The lowest BCUT2D eigenvalue weighted by Crippen LogP contribution is -2.38. The van der Waals surface area contributed by atoms with E-state index >= 15 is 0 Å². The second-order valence-electron chi connectivity index (χ2n) is 7.47. The van der Waals surface area contributed by atoms with Crippen LogP contribution >= 0.6 is 0 Å². The first-order valence-electron chi connectivity index (χ1n) is 8.65. The quantitative estimate of drug-likeness (QED) is 0.737. The predicted molar refractivity (Wildman–Crippen MR) is 90.1 cm³/mol. The lowest BCUT2D eigenvalue weighted by Gasteiger charge is -2.20. The van der Waals surface area contributed by atoms with Gasteiger partial charge in [-0.2, -0.15) is 5.10 Å². The fourth-order valence-electron chi connectivity index (χ4n) is 3.21. The first-order chi connectivity index (χ1) is 11.5. The normalized spacial score (nSPS) is 22.2. The van der Waals surface area contributed by atoms with E-state index in [4.69, 9.17) is 0 Å². The molecular weight excluding hydrogens is 306 g/mol. The number of nitrogens with zero attached hydrogens (tertiary/aromatic N) is 4. The molecule has 0 bridgehead atoms. The highest BCUT2D eigenvalue weighted by Crippen LogP contribution is 2.46. The van der Waals surface area contributed by atoms with E-state index in [1.54, 1.807) is 11.1 Å². The molecule has 0 aromatic carbocycles. The van der Waals surface area contributed by atoms with Crippen LogP contribution in [-0.4, -0.2) is 71.7 Å². The van der Waals surface area contributed by atoms with Crippen LogP contribution in [0.1, 0.15) is 19.3 Å². The van der Waals surface area contributed by atoms with Crippen LogP contribution in [0.25, 0.3) is 0 Å². The molecule has 7 nitrogen and oxygen atoms in total. The Morgan fingerprint density at radius 1 is 1.46 bits per heavy atom. The molecule has 2 heterocycles. The van der Waals surface area contributed by atoms with E-state index in [-0.39, 0.29) is 23.1 Å². The van der Waals surface area contributed by atoms with Crippen LogP contribution in [-0.2, 0) is 16.1 Å². The Kier molecular flexibility index (Phi) is 4.89. The summed E-state index contributed by atoms with van der Waals surface area (Å²) in [5.41, 5.74) is 0.148. The van der Waals surface area contributed by atoms with Gasteiger partial charge in [0.2, 0.25) is 11.8 Å². The van der Waals surface area contributed by atoms with Crippen LogP contribution in [0.4, 0.5) is 0 Å². The fourth-order valence-corrected chi connectivity index (χ4v) is 3.21. The molecule has 1 N–H and O–H groups in total. The van der Waals surface area contributed by atoms with Crippen LogP contribution in [0.15, 0.2) is 18.5 Å². The molecule has 1 aliphatic heterocycles. The Bertz CT molecular complexity index is 580. The molecule has 1 aromatic heterocycles. The number of amides is 2. The molecule has 1 saturated heterocycles. The largest absolute Gasteiger partial charge is 0.355 e. The summed E-state index contributed by atoms with van der Waals surface area (Å²) in [6.45, 7) is 3.59. The standard InChI is InChI=1S/C17H27N5O2/c1-20(2)8-9-21-11-14(10-15(21)23)16(24)18-12-17(4-5-17)13-22-7-3-6-19-22/h3,6-7,14H,4-5,8-13H2,1-2H3,(H,18,24)/t14-/m1/s1. The van der Waals surface area contributed by atoms with E-state index < -0.39 is 0 Å². The Morgan fingerprint density at radius 2 is 2.25 bits per heavy atom. The van der Waals surface area contributed by atoms with Gasteiger partial charge in [0.1, 0.15) is 0 Å². The summed E-state index contributed by atoms with van der Waals surface area (Å²) < 4.78 is 1.93. The summed E-state index contributed by atoms with van der Waals surface area (Å²) in [6.07, 6.45) is 6.31. The van der Waals surface area contributed by atoms with Gasteiger partial charge in [-0.05, 0) is 33.0 Å². The van der Waals surface area contributed by atoms with Crippen LogP contribution in [0.5, 0.6) is 0 Å². The Morgan fingerprint density at radius 3 is 2.88 bits per heavy atom. The van der Waals surface area contributed by atoms with Gasteiger partial charge in [0.05, 0.1) is 5.92 Å². The number of carbonyl (C=O) groups excluding carboxylic acids is 2. The number of hydrogen-bond acceptors (Lipinski definition) is 4. The van der Waals surface area contributed by atoms with Gasteiger partial charge in [-0.15, -0.1) is 0 Å². The van der Waals surface area contributed by atoms with Crippen LogP contribution in [0, 0.1) is 11.3 Å². The third-order valence-electron chi connectivity index (χ3n) is 5.05. The van der Waals surface area contributed by atoms with Gasteiger partial charge in [0, 0.05) is 57.0 Å². The number of carbonyl (C=O) groups is 2. The molecular formula is C17H27N5O2. The van der Waals surface area contributed by atoms with Crippen molar-refractivity contribution in [2.75, 3.05) is 40.3 Å².